The molecule has 2 aromatic carbocycles. The van der Waals surface area contributed by atoms with Gasteiger partial charge >= 0.3 is 0 Å². The molecule has 0 bridgehead atoms. The van der Waals surface area contributed by atoms with Crippen LogP contribution in [0.1, 0.15) is 16.7 Å². The molecule has 0 aliphatic carbocycles. The van der Waals surface area contributed by atoms with Crippen LogP contribution in [0.4, 0.5) is 0 Å². The van der Waals surface area contributed by atoms with Crippen molar-refractivity contribution < 1.29 is 0 Å². The molecule has 2 heterocycles. The van der Waals surface area contributed by atoms with Crippen molar-refractivity contribution in [2.75, 3.05) is 0 Å². The highest BCUT2D eigenvalue weighted by molar-refractivity contribution is 7.26. The summed E-state index contributed by atoms with van der Waals surface area (Å²) in [5.74, 6) is 0. The van der Waals surface area contributed by atoms with Gasteiger partial charge in [-0.2, -0.15) is 0 Å². The van der Waals surface area contributed by atoms with E-state index in [0.717, 1.165) is 11.2 Å². The van der Waals surface area contributed by atoms with Crippen LogP contribution in [0.15, 0.2) is 42.7 Å². The van der Waals surface area contributed by atoms with E-state index < -0.39 is 0 Å². The average Bonchev–Trinajstić information content (AvgIpc) is 2.89. The van der Waals surface area contributed by atoms with Gasteiger partial charge in [0.05, 0.1) is 15.9 Å². The average molecular weight is 304 g/mol. The molecule has 108 valence electrons. The summed E-state index contributed by atoms with van der Waals surface area (Å²) in [6, 6.07) is 12.9. The van der Waals surface area contributed by atoms with Crippen molar-refractivity contribution in [2.24, 2.45) is 0 Å². The van der Waals surface area contributed by atoms with Crippen LogP contribution in [0.5, 0.6) is 0 Å². The molecule has 4 rings (SSSR count). The third-order valence-electron chi connectivity index (χ3n) is 4.22. The summed E-state index contributed by atoms with van der Waals surface area (Å²) in [6.07, 6.45) is 1.69. The summed E-state index contributed by atoms with van der Waals surface area (Å²) in [7, 11) is 0. The first-order valence-corrected chi connectivity index (χ1v) is 8.17. The molecule has 0 radical (unpaired) electrons. The zero-order valence-electron chi connectivity index (χ0n) is 12.8. The highest BCUT2D eigenvalue weighted by atomic mass is 32.1. The van der Waals surface area contributed by atoms with E-state index in [1.54, 1.807) is 17.7 Å². The Balaban J connectivity index is 2.12. The summed E-state index contributed by atoms with van der Waals surface area (Å²) in [5, 5.41) is 1.22. The Bertz CT molecular complexity index is 1010. The molecule has 0 unspecified atom stereocenters. The second-order valence-corrected chi connectivity index (χ2v) is 6.80. The van der Waals surface area contributed by atoms with Crippen molar-refractivity contribution in [1.29, 1.82) is 0 Å². The van der Waals surface area contributed by atoms with Crippen LogP contribution >= 0.6 is 11.3 Å². The molecule has 3 heteroatoms. The van der Waals surface area contributed by atoms with E-state index >= 15 is 0 Å². The number of fused-ring (bicyclic) bond motifs is 3. The molecular formula is C19H16N2S. The molecule has 0 atom stereocenters. The monoisotopic (exact) mass is 304 g/mol. The minimum absolute atomic E-state index is 1.05. The van der Waals surface area contributed by atoms with Crippen LogP contribution in [0.2, 0.25) is 0 Å². The summed E-state index contributed by atoms with van der Waals surface area (Å²) in [4.78, 5) is 9.14. The van der Waals surface area contributed by atoms with Crippen molar-refractivity contribution >= 4 is 31.6 Å². The number of hydrogen-bond acceptors (Lipinski definition) is 3. The van der Waals surface area contributed by atoms with Crippen LogP contribution in [-0.2, 0) is 0 Å². The lowest BCUT2D eigenvalue weighted by Gasteiger charge is -2.10. The smallest absolute Gasteiger partial charge is 0.116 e. The van der Waals surface area contributed by atoms with Gasteiger partial charge < -0.3 is 0 Å². The zero-order valence-corrected chi connectivity index (χ0v) is 13.7. The number of aromatic nitrogens is 2. The van der Waals surface area contributed by atoms with Crippen LogP contribution in [-0.4, -0.2) is 9.97 Å². The van der Waals surface area contributed by atoms with Crippen molar-refractivity contribution in [3.63, 3.8) is 0 Å². The first-order valence-electron chi connectivity index (χ1n) is 7.35. The molecule has 0 N–H and O–H groups in total. The second kappa shape index (κ2) is 4.89. The Morgan fingerprint density at radius 1 is 0.955 bits per heavy atom. The van der Waals surface area contributed by atoms with Crippen LogP contribution in [0, 0.1) is 20.8 Å². The molecule has 0 saturated carbocycles. The molecule has 0 amide bonds. The van der Waals surface area contributed by atoms with Gasteiger partial charge in [-0.05, 0) is 44.0 Å². The summed E-state index contributed by atoms with van der Waals surface area (Å²) in [5.41, 5.74) is 7.20. The van der Waals surface area contributed by atoms with Gasteiger partial charge in [-0.15, -0.1) is 11.3 Å². The molecule has 0 aliphatic heterocycles. The zero-order chi connectivity index (χ0) is 15.3. The first kappa shape index (κ1) is 13.4. The largest absolute Gasteiger partial charge is 0.235 e. The van der Waals surface area contributed by atoms with Crippen molar-refractivity contribution in [3.8, 4) is 11.3 Å². The van der Waals surface area contributed by atoms with E-state index in [-0.39, 0.29) is 0 Å². The number of aryl methyl sites for hydroxylation is 2. The molecular weight excluding hydrogens is 288 g/mol. The molecule has 0 saturated heterocycles. The summed E-state index contributed by atoms with van der Waals surface area (Å²) in [6.45, 7) is 6.47. The Kier molecular flexibility index (Phi) is 2.98. The first-order chi connectivity index (χ1) is 10.6. The maximum absolute atomic E-state index is 4.61. The Morgan fingerprint density at radius 2 is 1.77 bits per heavy atom. The van der Waals surface area contributed by atoms with E-state index in [2.05, 4.69) is 67.1 Å². The van der Waals surface area contributed by atoms with E-state index in [4.69, 9.17) is 0 Å². The number of benzene rings is 2. The van der Waals surface area contributed by atoms with Gasteiger partial charge in [-0.3, -0.25) is 0 Å². The topological polar surface area (TPSA) is 25.8 Å². The molecule has 0 fully saturated rings. The third-order valence-corrected chi connectivity index (χ3v) is 5.39. The fourth-order valence-electron chi connectivity index (χ4n) is 3.00. The van der Waals surface area contributed by atoms with Gasteiger partial charge in [0.25, 0.3) is 0 Å². The van der Waals surface area contributed by atoms with E-state index in [0.29, 0.717) is 0 Å². The maximum Gasteiger partial charge on any atom is 0.116 e. The molecule has 22 heavy (non-hydrogen) atoms. The summed E-state index contributed by atoms with van der Waals surface area (Å²) < 4.78 is 2.44. The molecule has 2 aromatic heterocycles. The number of rotatable bonds is 1. The molecule has 2 nitrogen and oxygen atoms in total. The predicted octanol–water partition coefficient (Wildman–Crippen LogP) is 5.44. The van der Waals surface area contributed by atoms with Gasteiger partial charge in [0.15, 0.2) is 0 Å². The van der Waals surface area contributed by atoms with Crippen LogP contribution < -0.4 is 0 Å². The van der Waals surface area contributed by atoms with Gasteiger partial charge in [0, 0.05) is 15.6 Å². The minimum Gasteiger partial charge on any atom is -0.235 e. The fourth-order valence-corrected chi connectivity index (χ4v) is 4.16. The second-order valence-electron chi connectivity index (χ2n) is 5.75. The van der Waals surface area contributed by atoms with Crippen molar-refractivity contribution in [3.05, 3.63) is 59.4 Å². The predicted molar refractivity (Wildman–Crippen MR) is 94.6 cm³/mol. The third kappa shape index (κ3) is 1.93. The Hall–Kier alpha value is -2.26. The highest BCUT2D eigenvalue weighted by Gasteiger charge is 2.14. The standard InChI is InChI=1S/C19H16N2S/c1-11-8-12(2)13(3)15(9-11)18-19-17(20-10-21-18)14-6-4-5-7-16(14)22-19/h4-10H,1-3H3. The maximum atomic E-state index is 4.61. The van der Waals surface area contributed by atoms with Crippen LogP contribution in [0.3, 0.4) is 0 Å². The lowest BCUT2D eigenvalue weighted by atomic mass is 9.97. The van der Waals surface area contributed by atoms with Gasteiger partial charge in [0.1, 0.15) is 6.33 Å². The SMILES string of the molecule is Cc1cc(C)c(C)c(-c2ncnc3c2sc2ccccc23)c1. The van der Waals surface area contributed by atoms with Crippen LogP contribution in [0.25, 0.3) is 31.6 Å². The lowest BCUT2D eigenvalue weighted by Crippen LogP contribution is -1.93. The van der Waals surface area contributed by atoms with Crippen molar-refractivity contribution in [2.45, 2.75) is 20.8 Å². The molecule has 0 aliphatic rings. The molecule has 4 aromatic rings. The van der Waals surface area contributed by atoms with E-state index in [9.17, 15) is 0 Å². The number of hydrogen-bond donors (Lipinski definition) is 0. The van der Waals surface area contributed by atoms with Crippen molar-refractivity contribution in [1.82, 2.24) is 9.97 Å². The Labute approximate surface area is 133 Å². The number of thiophene rings is 1. The highest BCUT2D eigenvalue weighted by Crippen LogP contribution is 2.38. The van der Waals surface area contributed by atoms with Gasteiger partial charge in [-0.25, -0.2) is 9.97 Å². The van der Waals surface area contributed by atoms with Gasteiger partial charge in [0.2, 0.25) is 0 Å². The fraction of sp³-hybridized carbons (Fsp3) is 0.158. The lowest BCUT2D eigenvalue weighted by molar-refractivity contribution is 1.22. The van der Waals surface area contributed by atoms with E-state index in [1.165, 1.54) is 37.0 Å². The number of nitrogens with zero attached hydrogens (tertiary/aromatic N) is 2. The molecule has 0 spiro atoms. The normalized spacial score (nSPS) is 11.4. The van der Waals surface area contributed by atoms with Gasteiger partial charge in [-0.1, -0.05) is 29.8 Å². The summed E-state index contributed by atoms with van der Waals surface area (Å²) >= 11 is 1.78. The quantitative estimate of drug-likeness (QED) is 0.468. The van der Waals surface area contributed by atoms with E-state index in [1.807, 2.05) is 0 Å². The Morgan fingerprint density at radius 3 is 2.64 bits per heavy atom. The minimum atomic E-state index is 1.05.